The van der Waals surface area contributed by atoms with Gasteiger partial charge in [-0.05, 0) is 44.4 Å². The summed E-state index contributed by atoms with van der Waals surface area (Å²) in [5, 5.41) is 4.02. The van der Waals surface area contributed by atoms with Crippen LogP contribution in [0, 0.1) is 5.92 Å². The third-order valence-corrected chi connectivity index (χ3v) is 3.85. The standard InChI is InChI=1S/C14H20N4O2/c1-10(15)11-4-2-6-18(8-11)9-13-16-14(20-17-13)12-5-3-7-19-12/h3,5,7,10-11H,2,4,6,8-9,15H2,1H3. The molecule has 2 N–H and O–H groups in total. The maximum Gasteiger partial charge on any atom is 0.293 e. The molecule has 0 bridgehead atoms. The number of rotatable bonds is 4. The molecule has 3 heterocycles. The molecule has 0 aliphatic carbocycles. The second kappa shape index (κ2) is 5.76. The first-order valence-electron chi connectivity index (χ1n) is 7.07. The lowest BCUT2D eigenvalue weighted by molar-refractivity contribution is 0.150. The van der Waals surface area contributed by atoms with E-state index in [4.69, 9.17) is 14.7 Å². The molecule has 0 amide bonds. The highest BCUT2D eigenvalue weighted by molar-refractivity contribution is 5.42. The van der Waals surface area contributed by atoms with Gasteiger partial charge in [0.25, 0.3) is 5.89 Å². The third kappa shape index (κ3) is 2.91. The highest BCUT2D eigenvalue weighted by Gasteiger charge is 2.24. The van der Waals surface area contributed by atoms with Crippen LogP contribution < -0.4 is 5.73 Å². The number of aromatic nitrogens is 2. The fourth-order valence-electron chi connectivity index (χ4n) is 2.68. The number of piperidine rings is 1. The topological polar surface area (TPSA) is 81.3 Å². The van der Waals surface area contributed by atoms with Gasteiger partial charge in [-0.1, -0.05) is 5.16 Å². The van der Waals surface area contributed by atoms with E-state index in [0.717, 1.165) is 13.1 Å². The molecule has 2 atom stereocenters. The summed E-state index contributed by atoms with van der Waals surface area (Å²) in [7, 11) is 0. The molecule has 0 spiro atoms. The molecule has 1 fully saturated rings. The minimum Gasteiger partial charge on any atom is -0.459 e. The van der Waals surface area contributed by atoms with E-state index >= 15 is 0 Å². The van der Waals surface area contributed by atoms with Gasteiger partial charge in [0.1, 0.15) is 0 Å². The Balaban J connectivity index is 1.63. The summed E-state index contributed by atoms with van der Waals surface area (Å²) in [6, 6.07) is 3.85. The molecule has 6 nitrogen and oxygen atoms in total. The molecule has 1 saturated heterocycles. The molecule has 20 heavy (non-hydrogen) atoms. The second-order valence-electron chi connectivity index (χ2n) is 5.49. The van der Waals surface area contributed by atoms with E-state index in [1.807, 2.05) is 6.07 Å². The summed E-state index contributed by atoms with van der Waals surface area (Å²) in [5.74, 6) is 2.29. The van der Waals surface area contributed by atoms with Crippen molar-refractivity contribution in [1.29, 1.82) is 0 Å². The summed E-state index contributed by atoms with van der Waals surface area (Å²) >= 11 is 0. The lowest BCUT2D eigenvalue weighted by atomic mass is 9.92. The molecule has 1 aliphatic heterocycles. The molecule has 0 saturated carbocycles. The first-order valence-corrected chi connectivity index (χ1v) is 7.07. The normalized spacial score (nSPS) is 22.0. The maximum absolute atomic E-state index is 6.00. The van der Waals surface area contributed by atoms with Crippen LogP contribution in [0.2, 0.25) is 0 Å². The molecule has 6 heteroatoms. The second-order valence-corrected chi connectivity index (χ2v) is 5.49. The number of hydrogen-bond donors (Lipinski definition) is 1. The summed E-state index contributed by atoms with van der Waals surface area (Å²) in [6.07, 6.45) is 3.98. The Morgan fingerprint density at radius 1 is 1.55 bits per heavy atom. The third-order valence-electron chi connectivity index (χ3n) is 3.85. The van der Waals surface area contributed by atoms with Gasteiger partial charge in [-0.2, -0.15) is 4.98 Å². The highest BCUT2D eigenvalue weighted by Crippen LogP contribution is 2.21. The zero-order valence-corrected chi connectivity index (χ0v) is 11.7. The van der Waals surface area contributed by atoms with Crippen LogP contribution in [0.4, 0.5) is 0 Å². The van der Waals surface area contributed by atoms with Crippen molar-refractivity contribution < 1.29 is 8.94 Å². The number of nitrogens with two attached hydrogens (primary N) is 1. The van der Waals surface area contributed by atoms with Crippen molar-refractivity contribution in [1.82, 2.24) is 15.0 Å². The maximum atomic E-state index is 6.00. The molecule has 0 radical (unpaired) electrons. The van der Waals surface area contributed by atoms with Gasteiger partial charge in [-0.3, -0.25) is 4.90 Å². The van der Waals surface area contributed by atoms with E-state index < -0.39 is 0 Å². The lowest BCUT2D eigenvalue weighted by Crippen LogP contribution is -2.42. The summed E-state index contributed by atoms with van der Waals surface area (Å²) < 4.78 is 10.5. The Morgan fingerprint density at radius 3 is 3.20 bits per heavy atom. The van der Waals surface area contributed by atoms with Crippen molar-refractivity contribution in [3.05, 3.63) is 24.2 Å². The molecule has 108 valence electrons. The first-order chi connectivity index (χ1) is 9.72. The number of hydrogen-bond acceptors (Lipinski definition) is 6. The fourth-order valence-corrected chi connectivity index (χ4v) is 2.68. The Morgan fingerprint density at radius 2 is 2.45 bits per heavy atom. The molecule has 2 aromatic rings. The van der Waals surface area contributed by atoms with Crippen LogP contribution in [0.3, 0.4) is 0 Å². The molecule has 0 aromatic carbocycles. The average molecular weight is 276 g/mol. The zero-order chi connectivity index (χ0) is 13.9. The molecular weight excluding hydrogens is 256 g/mol. The van der Waals surface area contributed by atoms with Gasteiger partial charge in [-0.15, -0.1) is 0 Å². The van der Waals surface area contributed by atoms with Crippen LogP contribution in [0.15, 0.2) is 27.3 Å². The van der Waals surface area contributed by atoms with Crippen LogP contribution in [-0.2, 0) is 6.54 Å². The van der Waals surface area contributed by atoms with Crippen LogP contribution in [0.25, 0.3) is 11.7 Å². The molecular formula is C14H20N4O2. The summed E-state index contributed by atoms with van der Waals surface area (Å²) in [6.45, 7) is 4.85. The number of nitrogens with zero attached hydrogens (tertiary/aromatic N) is 3. The monoisotopic (exact) mass is 276 g/mol. The van der Waals surface area contributed by atoms with Crippen molar-refractivity contribution in [3.8, 4) is 11.7 Å². The van der Waals surface area contributed by atoms with Gasteiger partial charge in [0.15, 0.2) is 11.6 Å². The molecule has 3 rings (SSSR count). The van der Waals surface area contributed by atoms with Gasteiger partial charge in [0, 0.05) is 12.6 Å². The van der Waals surface area contributed by atoms with Crippen molar-refractivity contribution in [2.75, 3.05) is 13.1 Å². The van der Waals surface area contributed by atoms with Crippen LogP contribution in [0.5, 0.6) is 0 Å². The first kappa shape index (κ1) is 13.3. The van der Waals surface area contributed by atoms with E-state index in [-0.39, 0.29) is 6.04 Å². The molecule has 2 unspecified atom stereocenters. The van der Waals surface area contributed by atoms with Crippen LogP contribution in [0.1, 0.15) is 25.6 Å². The Hall–Kier alpha value is -1.66. The number of furan rings is 1. The molecule has 1 aliphatic rings. The predicted molar refractivity (Wildman–Crippen MR) is 73.7 cm³/mol. The fraction of sp³-hybridized carbons (Fsp3) is 0.571. The predicted octanol–water partition coefficient (Wildman–Crippen LogP) is 1.89. The van der Waals surface area contributed by atoms with Gasteiger partial charge in [-0.25, -0.2) is 0 Å². The van der Waals surface area contributed by atoms with Crippen molar-refractivity contribution >= 4 is 0 Å². The number of likely N-dealkylation sites (tertiary alicyclic amines) is 1. The average Bonchev–Trinajstić information content (AvgIpc) is 3.09. The largest absolute Gasteiger partial charge is 0.459 e. The highest BCUT2D eigenvalue weighted by atomic mass is 16.5. The smallest absolute Gasteiger partial charge is 0.293 e. The lowest BCUT2D eigenvalue weighted by Gasteiger charge is -2.33. The zero-order valence-electron chi connectivity index (χ0n) is 11.7. The Labute approximate surface area is 117 Å². The minimum atomic E-state index is 0.238. The van der Waals surface area contributed by atoms with Gasteiger partial charge in [0.2, 0.25) is 0 Å². The van der Waals surface area contributed by atoms with Gasteiger partial charge >= 0.3 is 0 Å². The summed E-state index contributed by atoms with van der Waals surface area (Å²) in [4.78, 5) is 6.71. The van der Waals surface area contributed by atoms with Gasteiger partial charge in [0.05, 0.1) is 12.8 Å². The van der Waals surface area contributed by atoms with Crippen molar-refractivity contribution in [2.45, 2.75) is 32.4 Å². The van der Waals surface area contributed by atoms with E-state index in [9.17, 15) is 0 Å². The SMILES string of the molecule is CC(N)C1CCCN(Cc2noc(-c3ccco3)n2)C1. The van der Waals surface area contributed by atoms with E-state index in [2.05, 4.69) is 22.0 Å². The van der Waals surface area contributed by atoms with E-state index in [1.165, 1.54) is 12.8 Å². The van der Waals surface area contributed by atoms with E-state index in [1.54, 1.807) is 12.3 Å². The van der Waals surface area contributed by atoms with Crippen LogP contribution >= 0.6 is 0 Å². The van der Waals surface area contributed by atoms with E-state index in [0.29, 0.717) is 29.9 Å². The minimum absolute atomic E-state index is 0.238. The Kier molecular flexibility index (Phi) is 3.84. The Bertz CT molecular complexity index is 535. The quantitative estimate of drug-likeness (QED) is 0.918. The van der Waals surface area contributed by atoms with Crippen molar-refractivity contribution in [3.63, 3.8) is 0 Å². The van der Waals surface area contributed by atoms with Crippen molar-refractivity contribution in [2.24, 2.45) is 11.7 Å². The van der Waals surface area contributed by atoms with Gasteiger partial charge < -0.3 is 14.7 Å². The van der Waals surface area contributed by atoms with Crippen LogP contribution in [-0.4, -0.2) is 34.2 Å². The summed E-state index contributed by atoms with van der Waals surface area (Å²) in [5.41, 5.74) is 6.00. The molecule has 2 aromatic heterocycles.